The van der Waals surface area contributed by atoms with Gasteiger partial charge in [0, 0.05) is 5.41 Å². The highest BCUT2D eigenvalue weighted by molar-refractivity contribution is 7.80. The largest absolute Gasteiger partial charge is 0.493 e. The summed E-state index contributed by atoms with van der Waals surface area (Å²) in [6.07, 6.45) is 4.76. The topological polar surface area (TPSA) is 9.23 Å². The van der Waals surface area contributed by atoms with Crippen LogP contribution < -0.4 is 4.74 Å². The van der Waals surface area contributed by atoms with Crippen molar-refractivity contribution in [2.75, 3.05) is 12.4 Å². The normalized spacial score (nSPS) is 12.0. The maximum Gasteiger partial charge on any atom is 0.119 e. The molecule has 0 saturated heterocycles. The second-order valence-corrected chi connectivity index (χ2v) is 6.94. The SMILES string of the molecule is CCCC(CS)(CCC)COc1ccc(C(C)C)c(C)c1. The summed E-state index contributed by atoms with van der Waals surface area (Å²) in [5.74, 6) is 2.46. The third kappa shape index (κ3) is 5.25. The van der Waals surface area contributed by atoms with E-state index in [-0.39, 0.29) is 5.41 Å². The molecular weight excluding hydrogens is 276 g/mol. The summed E-state index contributed by atoms with van der Waals surface area (Å²) in [4.78, 5) is 0. The van der Waals surface area contributed by atoms with Gasteiger partial charge in [0.1, 0.15) is 5.75 Å². The van der Waals surface area contributed by atoms with Gasteiger partial charge in [0.2, 0.25) is 0 Å². The first kappa shape index (κ1) is 18.4. The first-order chi connectivity index (χ1) is 9.98. The van der Waals surface area contributed by atoms with Gasteiger partial charge in [-0.1, -0.05) is 46.6 Å². The lowest BCUT2D eigenvalue weighted by molar-refractivity contribution is 0.143. The Bertz CT molecular complexity index is 420. The number of thiol groups is 1. The number of hydrogen-bond donors (Lipinski definition) is 1. The van der Waals surface area contributed by atoms with Crippen molar-refractivity contribution >= 4 is 12.6 Å². The van der Waals surface area contributed by atoms with E-state index in [2.05, 4.69) is 65.4 Å². The minimum atomic E-state index is 0.219. The Morgan fingerprint density at radius 2 is 1.76 bits per heavy atom. The Labute approximate surface area is 136 Å². The quantitative estimate of drug-likeness (QED) is 0.549. The molecule has 0 atom stereocenters. The average Bonchev–Trinajstić information content (AvgIpc) is 2.45. The molecule has 0 aromatic heterocycles. The van der Waals surface area contributed by atoms with Crippen LogP contribution in [0.2, 0.25) is 0 Å². The number of rotatable bonds is 9. The molecule has 0 aliphatic carbocycles. The van der Waals surface area contributed by atoms with E-state index in [1.807, 2.05) is 0 Å². The third-order valence-electron chi connectivity index (χ3n) is 4.30. The molecule has 0 amide bonds. The van der Waals surface area contributed by atoms with Crippen LogP contribution in [0.4, 0.5) is 0 Å². The Kier molecular flexibility index (Phi) is 7.65. The van der Waals surface area contributed by atoms with Gasteiger partial charge in [-0.25, -0.2) is 0 Å². The molecule has 0 aliphatic heterocycles. The first-order valence-electron chi connectivity index (χ1n) is 8.32. The van der Waals surface area contributed by atoms with Gasteiger partial charge in [0.15, 0.2) is 0 Å². The van der Waals surface area contributed by atoms with Crippen LogP contribution in [-0.4, -0.2) is 12.4 Å². The molecule has 0 radical (unpaired) electrons. The van der Waals surface area contributed by atoms with E-state index in [4.69, 9.17) is 4.74 Å². The lowest BCUT2D eigenvalue weighted by atomic mass is 9.82. The van der Waals surface area contributed by atoms with E-state index in [1.165, 1.54) is 36.8 Å². The van der Waals surface area contributed by atoms with Crippen LogP contribution in [-0.2, 0) is 0 Å². The molecule has 1 aromatic carbocycles. The molecule has 0 saturated carbocycles. The van der Waals surface area contributed by atoms with Gasteiger partial charge in [-0.05, 0) is 54.7 Å². The van der Waals surface area contributed by atoms with E-state index in [9.17, 15) is 0 Å². The number of aryl methyl sites for hydroxylation is 1. The molecule has 0 spiro atoms. The zero-order chi connectivity index (χ0) is 15.9. The molecule has 120 valence electrons. The van der Waals surface area contributed by atoms with Crippen LogP contribution in [0.5, 0.6) is 5.75 Å². The summed E-state index contributed by atoms with van der Waals surface area (Å²) >= 11 is 4.60. The second-order valence-electron chi connectivity index (χ2n) is 6.62. The van der Waals surface area contributed by atoms with Crippen molar-refractivity contribution in [2.24, 2.45) is 5.41 Å². The van der Waals surface area contributed by atoms with Crippen molar-refractivity contribution in [3.8, 4) is 5.75 Å². The molecule has 0 unspecified atom stereocenters. The first-order valence-corrected chi connectivity index (χ1v) is 8.95. The second kappa shape index (κ2) is 8.73. The molecule has 0 aliphatic rings. The predicted molar refractivity (Wildman–Crippen MR) is 96.9 cm³/mol. The van der Waals surface area contributed by atoms with Crippen LogP contribution in [0, 0.1) is 12.3 Å². The fourth-order valence-electron chi connectivity index (χ4n) is 3.16. The van der Waals surface area contributed by atoms with E-state index in [0.29, 0.717) is 5.92 Å². The smallest absolute Gasteiger partial charge is 0.119 e. The van der Waals surface area contributed by atoms with Gasteiger partial charge in [0.05, 0.1) is 6.61 Å². The maximum atomic E-state index is 6.13. The zero-order valence-electron chi connectivity index (χ0n) is 14.4. The van der Waals surface area contributed by atoms with E-state index < -0.39 is 0 Å². The number of hydrogen-bond acceptors (Lipinski definition) is 2. The maximum absolute atomic E-state index is 6.13. The van der Waals surface area contributed by atoms with Gasteiger partial charge < -0.3 is 4.74 Å². The standard InChI is InChI=1S/C19H32OS/c1-6-10-19(14-21,11-7-2)13-20-17-8-9-18(15(3)4)16(5)12-17/h8-9,12,15,21H,6-7,10-11,13-14H2,1-5H3. The van der Waals surface area contributed by atoms with Crippen molar-refractivity contribution in [3.05, 3.63) is 29.3 Å². The highest BCUT2D eigenvalue weighted by atomic mass is 32.1. The van der Waals surface area contributed by atoms with Crippen LogP contribution >= 0.6 is 12.6 Å². The molecule has 1 rings (SSSR count). The molecule has 0 heterocycles. The molecule has 2 heteroatoms. The molecule has 1 aromatic rings. The van der Waals surface area contributed by atoms with Crippen LogP contribution in [0.1, 0.15) is 70.4 Å². The Hall–Kier alpha value is -0.630. The molecule has 1 nitrogen and oxygen atoms in total. The summed E-state index contributed by atoms with van der Waals surface area (Å²) in [5.41, 5.74) is 2.95. The molecule has 0 fully saturated rings. The van der Waals surface area contributed by atoms with Crippen LogP contribution in [0.25, 0.3) is 0 Å². The number of ether oxygens (including phenoxy) is 1. The van der Waals surface area contributed by atoms with Crippen molar-refractivity contribution in [1.29, 1.82) is 0 Å². The van der Waals surface area contributed by atoms with E-state index in [0.717, 1.165) is 18.1 Å². The molecule has 0 N–H and O–H groups in total. The average molecular weight is 309 g/mol. The summed E-state index contributed by atoms with van der Waals surface area (Å²) in [7, 11) is 0. The Morgan fingerprint density at radius 3 is 2.19 bits per heavy atom. The molecule has 0 bridgehead atoms. The van der Waals surface area contributed by atoms with Gasteiger partial charge >= 0.3 is 0 Å². The van der Waals surface area contributed by atoms with Gasteiger partial charge in [-0.15, -0.1) is 0 Å². The molecular formula is C19H32OS. The van der Waals surface area contributed by atoms with E-state index >= 15 is 0 Å². The Balaban J connectivity index is 2.78. The van der Waals surface area contributed by atoms with Crippen molar-refractivity contribution < 1.29 is 4.74 Å². The van der Waals surface area contributed by atoms with Crippen LogP contribution in [0.3, 0.4) is 0 Å². The zero-order valence-corrected chi connectivity index (χ0v) is 15.3. The molecule has 21 heavy (non-hydrogen) atoms. The van der Waals surface area contributed by atoms with E-state index in [1.54, 1.807) is 0 Å². The van der Waals surface area contributed by atoms with Crippen molar-refractivity contribution in [3.63, 3.8) is 0 Å². The van der Waals surface area contributed by atoms with Crippen molar-refractivity contribution in [1.82, 2.24) is 0 Å². The minimum absolute atomic E-state index is 0.219. The lowest BCUT2D eigenvalue weighted by Gasteiger charge is -2.32. The lowest BCUT2D eigenvalue weighted by Crippen LogP contribution is -2.30. The Morgan fingerprint density at radius 1 is 1.14 bits per heavy atom. The summed E-state index contributed by atoms with van der Waals surface area (Å²) in [5, 5.41) is 0. The van der Waals surface area contributed by atoms with Gasteiger partial charge in [-0.3, -0.25) is 0 Å². The summed E-state index contributed by atoms with van der Waals surface area (Å²) in [6.45, 7) is 11.9. The predicted octanol–water partition coefficient (Wildman–Crippen LogP) is 6.01. The fraction of sp³-hybridized carbons (Fsp3) is 0.684. The van der Waals surface area contributed by atoms with Crippen molar-refractivity contribution in [2.45, 2.75) is 66.2 Å². The minimum Gasteiger partial charge on any atom is -0.493 e. The summed E-state index contributed by atoms with van der Waals surface area (Å²) < 4.78 is 6.13. The number of benzene rings is 1. The highest BCUT2D eigenvalue weighted by Gasteiger charge is 2.27. The fourth-order valence-corrected chi connectivity index (χ4v) is 3.56. The monoisotopic (exact) mass is 308 g/mol. The summed E-state index contributed by atoms with van der Waals surface area (Å²) in [6, 6.07) is 6.50. The van der Waals surface area contributed by atoms with Gasteiger partial charge in [0.25, 0.3) is 0 Å². The van der Waals surface area contributed by atoms with Crippen LogP contribution in [0.15, 0.2) is 18.2 Å². The van der Waals surface area contributed by atoms with Gasteiger partial charge in [-0.2, -0.15) is 12.6 Å². The highest BCUT2D eigenvalue weighted by Crippen LogP contribution is 2.33. The third-order valence-corrected chi connectivity index (χ3v) is 4.98.